The number of aromatic nitrogens is 1. The number of benzene rings is 1. The second-order valence-corrected chi connectivity index (χ2v) is 6.35. The van der Waals surface area contributed by atoms with Crippen LogP contribution in [0.3, 0.4) is 0 Å². The minimum atomic E-state index is 0.465. The van der Waals surface area contributed by atoms with Gasteiger partial charge in [0.05, 0.1) is 5.69 Å². The maximum atomic E-state index is 5.97. The van der Waals surface area contributed by atoms with Gasteiger partial charge in [0.25, 0.3) is 0 Å². The van der Waals surface area contributed by atoms with Crippen molar-refractivity contribution in [2.45, 2.75) is 40.0 Å². The van der Waals surface area contributed by atoms with E-state index in [1.807, 2.05) is 30.5 Å². The molecule has 0 unspecified atom stereocenters. The van der Waals surface area contributed by atoms with Gasteiger partial charge in [-0.3, -0.25) is 0 Å². The van der Waals surface area contributed by atoms with Gasteiger partial charge >= 0.3 is 0 Å². The molecule has 3 nitrogen and oxygen atoms in total. The molecule has 108 valence electrons. The van der Waals surface area contributed by atoms with E-state index in [0.29, 0.717) is 17.7 Å². The third kappa shape index (κ3) is 4.47. The van der Waals surface area contributed by atoms with Crippen molar-refractivity contribution in [1.82, 2.24) is 10.3 Å². The van der Waals surface area contributed by atoms with E-state index < -0.39 is 0 Å². The van der Waals surface area contributed by atoms with E-state index in [4.69, 9.17) is 16.3 Å². The molecule has 1 aromatic heterocycles. The molecular formula is C15H19ClN2OS. The fraction of sp³-hybridized carbons (Fsp3) is 0.400. The molecule has 1 heterocycles. The Hall–Kier alpha value is -1.10. The lowest BCUT2D eigenvalue weighted by atomic mass is 10.2. The van der Waals surface area contributed by atoms with Crippen molar-refractivity contribution in [3.63, 3.8) is 0 Å². The summed E-state index contributed by atoms with van der Waals surface area (Å²) in [5.74, 6) is 0.812. The van der Waals surface area contributed by atoms with Gasteiger partial charge in [-0.15, -0.1) is 11.3 Å². The summed E-state index contributed by atoms with van der Waals surface area (Å²) in [5, 5.41) is 7.16. The second-order valence-electron chi connectivity index (χ2n) is 4.97. The lowest BCUT2D eigenvalue weighted by molar-refractivity contribution is 0.300. The van der Waals surface area contributed by atoms with Crippen LogP contribution in [0, 0.1) is 6.92 Å². The molecule has 0 saturated carbocycles. The van der Waals surface area contributed by atoms with Gasteiger partial charge in [0.2, 0.25) is 0 Å². The van der Waals surface area contributed by atoms with Crippen LogP contribution in [-0.4, -0.2) is 11.0 Å². The van der Waals surface area contributed by atoms with Gasteiger partial charge in [0.15, 0.2) is 0 Å². The zero-order chi connectivity index (χ0) is 14.5. The minimum absolute atomic E-state index is 0.465. The van der Waals surface area contributed by atoms with Crippen LogP contribution in [0.15, 0.2) is 23.6 Å². The smallest absolute Gasteiger partial charge is 0.131 e. The summed E-state index contributed by atoms with van der Waals surface area (Å²) in [7, 11) is 0. The van der Waals surface area contributed by atoms with Gasteiger partial charge in [-0.25, -0.2) is 4.98 Å². The van der Waals surface area contributed by atoms with Crippen LogP contribution in [0.4, 0.5) is 0 Å². The van der Waals surface area contributed by atoms with E-state index in [-0.39, 0.29) is 0 Å². The van der Waals surface area contributed by atoms with Crippen LogP contribution in [0.5, 0.6) is 5.75 Å². The highest BCUT2D eigenvalue weighted by Gasteiger charge is 2.05. The largest absolute Gasteiger partial charge is 0.487 e. The van der Waals surface area contributed by atoms with Crippen molar-refractivity contribution < 1.29 is 4.74 Å². The molecule has 0 radical (unpaired) electrons. The number of halogens is 1. The lowest BCUT2D eigenvalue weighted by Gasteiger charge is -2.08. The third-order valence-corrected chi connectivity index (χ3v) is 3.92. The number of thiazole rings is 1. The summed E-state index contributed by atoms with van der Waals surface area (Å²) in [6, 6.07) is 6.12. The maximum Gasteiger partial charge on any atom is 0.131 e. The Bertz CT molecular complexity index is 569. The second kappa shape index (κ2) is 7.07. The molecule has 0 bridgehead atoms. The van der Waals surface area contributed by atoms with Crippen LogP contribution in [0.2, 0.25) is 5.02 Å². The molecule has 0 amide bonds. The van der Waals surface area contributed by atoms with Crippen LogP contribution in [0.25, 0.3) is 0 Å². The Morgan fingerprint density at radius 2 is 2.20 bits per heavy atom. The molecular weight excluding hydrogens is 292 g/mol. The van der Waals surface area contributed by atoms with E-state index >= 15 is 0 Å². The van der Waals surface area contributed by atoms with E-state index in [2.05, 4.69) is 24.1 Å². The Labute approximate surface area is 129 Å². The predicted molar refractivity (Wildman–Crippen MR) is 84.6 cm³/mol. The number of rotatable bonds is 6. The first-order valence-electron chi connectivity index (χ1n) is 6.60. The molecule has 20 heavy (non-hydrogen) atoms. The molecule has 1 N–H and O–H groups in total. The molecule has 5 heteroatoms. The number of nitrogens with zero attached hydrogens (tertiary/aromatic N) is 1. The van der Waals surface area contributed by atoms with Gasteiger partial charge in [-0.05, 0) is 24.6 Å². The first-order valence-corrected chi connectivity index (χ1v) is 7.86. The zero-order valence-corrected chi connectivity index (χ0v) is 13.5. The minimum Gasteiger partial charge on any atom is -0.487 e. The number of aryl methyl sites for hydroxylation is 1. The lowest BCUT2D eigenvalue weighted by Crippen LogP contribution is -2.21. The van der Waals surface area contributed by atoms with E-state index in [1.54, 1.807) is 11.3 Å². The van der Waals surface area contributed by atoms with Gasteiger partial charge in [0.1, 0.15) is 17.4 Å². The average molecular weight is 311 g/mol. The summed E-state index contributed by atoms with van der Waals surface area (Å²) in [4.78, 5) is 4.55. The van der Waals surface area contributed by atoms with Crippen LogP contribution >= 0.6 is 22.9 Å². The van der Waals surface area contributed by atoms with Crippen molar-refractivity contribution in [2.24, 2.45) is 0 Å². The highest BCUT2D eigenvalue weighted by molar-refractivity contribution is 7.09. The van der Waals surface area contributed by atoms with Crippen molar-refractivity contribution in [2.75, 3.05) is 0 Å². The SMILES string of the molecule is Cc1ccc(Cl)cc1OCc1csc(CNC(C)C)n1. The maximum absolute atomic E-state index is 5.97. The molecule has 0 aliphatic carbocycles. The van der Waals surface area contributed by atoms with E-state index in [0.717, 1.165) is 28.6 Å². The number of hydrogen-bond donors (Lipinski definition) is 1. The molecule has 1 aromatic carbocycles. The molecule has 0 aliphatic rings. The fourth-order valence-electron chi connectivity index (χ4n) is 1.67. The van der Waals surface area contributed by atoms with Crippen molar-refractivity contribution in [3.05, 3.63) is 44.9 Å². The average Bonchev–Trinajstić information content (AvgIpc) is 2.85. The van der Waals surface area contributed by atoms with Gasteiger partial charge in [0, 0.05) is 23.0 Å². The standard InChI is InChI=1S/C15H19ClN2OS/c1-10(2)17-7-15-18-13(9-20-15)8-19-14-6-12(16)5-4-11(14)3/h4-6,9-10,17H,7-8H2,1-3H3. The molecule has 0 saturated heterocycles. The summed E-state index contributed by atoms with van der Waals surface area (Å²) in [6.45, 7) is 7.53. The number of hydrogen-bond acceptors (Lipinski definition) is 4. The first-order chi connectivity index (χ1) is 9.54. The van der Waals surface area contributed by atoms with Gasteiger partial charge in [-0.1, -0.05) is 31.5 Å². The van der Waals surface area contributed by atoms with Crippen molar-refractivity contribution >= 4 is 22.9 Å². The monoisotopic (exact) mass is 310 g/mol. The Balaban J connectivity index is 1.92. The van der Waals surface area contributed by atoms with E-state index in [9.17, 15) is 0 Å². The summed E-state index contributed by atoms with van der Waals surface area (Å²) in [5.41, 5.74) is 2.03. The highest BCUT2D eigenvalue weighted by Crippen LogP contribution is 2.23. The summed E-state index contributed by atoms with van der Waals surface area (Å²) in [6.07, 6.45) is 0. The Kier molecular flexibility index (Phi) is 5.40. The topological polar surface area (TPSA) is 34.1 Å². The molecule has 0 atom stereocenters. The normalized spacial score (nSPS) is 11.1. The van der Waals surface area contributed by atoms with Gasteiger partial charge < -0.3 is 10.1 Å². The summed E-state index contributed by atoms with van der Waals surface area (Å²) >= 11 is 7.63. The quantitative estimate of drug-likeness (QED) is 0.869. The first kappa shape index (κ1) is 15.3. The van der Waals surface area contributed by atoms with Crippen LogP contribution in [-0.2, 0) is 13.2 Å². The highest BCUT2D eigenvalue weighted by atomic mass is 35.5. The zero-order valence-electron chi connectivity index (χ0n) is 11.9. The van der Waals surface area contributed by atoms with Gasteiger partial charge in [-0.2, -0.15) is 0 Å². The molecule has 0 fully saturated rings. The van der Waals surface area contributed by atoms with E-state index in [1.165, 1.54) is 0 Å². The molecule has 0 spiro atoms. The molecule has 0 aliphatic heterocycles. The molecule has 2 aromatic rings. The molecule has 2 rings (SSSR count). The number of nitrogens with one attached hydrogen (secondary N) is 1. The number of ether oxygens (including phenoxy) is 1. The van der Waals surface area contributed by atoms with Crippen LogP contribution in [0.1, 0.15) is 30.1 Å². The fourth-order valence-corrected chi connectivity index (χ4v) is 2.56. The predicted octanol–water partition coefficient (Wildman–Crippen LogP) is 4.18. The van der Waals surface area contributed by atoms with Crippen molar-refractivity contribution in [1.29, 1.82) is 0 Å². The Morgan fingerprint density at radius 3 is 2.95 bits per heavy atom. The Morgan fingerprint density at radius 1 is 1.40 bits per heavy atom. The van der Waals surface area contributed by atoms with Crippen LogP contribution < -0.4 is 10.1 Å². The van der Waals surface area contributed by atoms with Crippen molar-refractivity contribution in [3.8, 4) is 5.75 Å². The third-order valence-electron chi connectivity index (χ3n) is 2.79. The summed E-state index contributed by atoms with van der Waals surface area (Å²) < 4.78 is 5.78.